The molecule has 3 saturated carbocycles. The molecule has 2 N–H and O–H groups in total. The highest BCUT2D eigenvalue weighted by atomic mass is 16.5. The van der Waals surface area contributed by atoms with Crippen molar-refractivity contribution in [3.8, 4) is 11.6 Å². The zero-order valence-corrected chi connectivity index (χ0v) is 24.1. The summed E-state index contributed by atoms with van der Waals surface area (Å²) in [5.41, 5.74) is 1.55. The molecule has 3 aliphatic carbocycles. The molecule has 3 aromatic rings. The van der Waals surface area contributed by atoms with Crippen molar-refractivity contribution in [3.05, 3.63) is 23.2 Å². The minimum Gasteiger partial charge on any atom is -0.374 e. The molecule has 0 radical (unpaired) electrons. The number of hydrogen-bond donors (Lipinski definition) is 2. The number of allylic oxidation sites excluding steroid dienone is 1. The maximum Gasteiger partial charge on any atom is 0.439 e. The second-order valence-electron chi connectivity index (χ2n) is 12.6. The van der Waals surface area contributed by atoms with E-state index < -0.39 is 5.76 Å². The lowest BCUT2D eigenvalue weighted by Crippen LogP contribution is -2.49. The molecule has 3 aromatic heterocycles. The fourth-order valence-electron chi connectivity index (χ4n) is 7.46. The van der Waals surface area contributed by atoms with E-state index in [0.29, 0.717) is 41.9 Å². The van der Waals surface area contributed by atoms with Crippen LogP contribution in [-0.2, 0) is 11.3 Å². The zero-order chi connectivity index (χ0) is 27.9. The predicted octanol–water partition coefficient (Wildman–Crippen LogP) is 4.91. The molecule has 0 aromatic carbocycles. The number of hydrogen-bond acceptors (Lipinski definition) is 9. The number of nitrogens with zero attached hydrogens (tertiary/aromatic N) is 6. The molecule has 11 heteroatoms. The fraction of sp³-hybridized carbons (Fsp3) is 0.700. The van der Waals surface area contributed by atoms with Gasteiger partial charge in [-0.2, -0.15) is 4.98 Å². The van der Waals surface area contributed by atoms with E-state index >= 15 is 0 Å². The van der Waals surface area contributed by atoms with Gasteiger partial charge in [0.15, 0.2) is 11.5 Å². The van der Waals surface area contributed by atoms with E-state index in [1.165, 1.54) is 51.4 Å². The van der Waals surface area contributed by atoms with Gasteiger partial charge in [0.25, 0.3) is 0 Å². The van der Waals surface area contributed by atoms with Gasteiger partial charge >= 0.3 is 5.76 Å². The monoisotopic (exact) mass is 562 g/mol. The minimum atomic E-state index is -0.626. The van der Waals surface area contributed by atoms with Gasteiger partial charge < -0.3 is 19.5 Å². The summed E-state index contributed by atoms with van der Waals surface area (Å²) in [7, 11) is 0. The molecule has 220 valence electrons. The first-order valence-corrected chi connectivity index (χ1v) is 15.7. The van der Waals surface area contributed by atoms with Gasteiger partial charge in [-0.3, -0.25) is 9.51 Å². The van der Waals surface area contributed by atoms with Gasteiger partial charge in [0, 0.05) is 19.1 Å². The van der Waals surface area contributed by atoms with Gasteiger partial charge in [0.1, 0.15) is 5.52 Å². The summed E-state index contributed by atoms with van der Waals surface area (Å²) in [5, 5.41) is 7.63. The van der Waals surface area contributed by atoms with Crippen molar-refractivity contribution in [2.45, 2.75) is 102 Å². The first-order chi connectivity index (χ1) is 20.1. The minimum absolute atomic E-state index is 0.216. The Morgan fingerprint density at radius 3 is 2.66 bits per heavy atom. The van der Waals surface area contributed by atoms with Crippen LogP contribution in [0.1, 0.15) is 77.6 Å². The van der Waals surface area contributed by atoms with Crippen LogP contribution in [0.4, 0.5) is 11.8 Å². The number of H-pyrrole nitrogens is 1. The van der Waals surface area contributed by atoms with Crippen molar-refractivity contribution in [3.63, 3.8) is 0 Å². The third-order valence-corrected chi connectivity index (χ3v) is 10.2. The normalized spacial score (nSPS) is 27.5. The molecule has 3 atom stereocenters. The predicted molar refractivity (Wildman–Crippen MR) is 157 cm³/mol. The molecule has 0 bridgehead atoms. The Hall–Kier alpha value is -3.21. The van der Waals surface area contributed by atoms with Crippen molar-refractivity contribution in [2.24, 2.45) is 17.8 Å². The van der Waals surface area contributed by atoms with E-state index in [1.54, 1.807) is 0 Å². The lowest BCUT2D eigenvalue weighted by molar-refractivity contribution is 0.0247. The third-order valence-electron chi connectivity index (χ3n) is 10.2. The first kappa shape index (κ1) is 26.7. The number of morpholine rings is 1. The number of nitrogens with one attached hydrogen (secondary N) is 2. The molecule has 41 heavy (non-hydrogen) atoms. The average Bonchev–Trinajstić information content (AvgIpc) is 3.69. The molecule has 0 amide bonds. The summed E-state index contributed by atoms with van der Waals surface area (Å²) in [4.78, 5) is 31.8. The SMILES string of the molecule is C=CC1CCC(CCn2c(N3CCOC4CCCC43)nc3nc(-c4noc(=O)[nH]4)nc(NC(C)C4CCC4)c32)CC1. The van der Waals surface area contributed by atoms with Crippen LogP contribution in [0.25, 0.3) is 22.8 Å². The number of aryl methyl sites for hydroxylation is 1. The van der Waals surface area contributed by atoms with E-state index in [9.17, 15) is 4.79 Å². The Morgan fingerprint density at radius 2 is 1.93 bits per heavy atom. The zero-order valence-electron chi connectivity index (χ0n) is 24.1. The summed E-state index contributed by atoms with van der Waals surface area (Å²) in [6.45, 7) is 8.64. The van der Waals surface area contributed by atoms with E-state index in [0.717, 1.165) is 49.6 Å². The molecule has 1 aliphatic heterocycles. The molecule has 1 saturated heterocycles. The quantitative estimate of drug-likeness (QED) is 0.350. The van der Waals surface area contributed by atoms with Crippen LogP contribution < -0.4 is 16.0 Å². The van der Waals surface area contributed by atoms with Crippen LogP contribution in [0.3, 0.4) is 0 Å². The van der Waals surface area contributed by atoms with Crippen LogP contribution in [0.5, 0.6) is 0 Å². The van der Waals surface area contributed by atoms with Crippen molar-refractivity contribution >= 4 is 22.9 Å². The van der Waals surface area contributed by atoms with E-state index in [2.05, 4.69) is 44.5 Å². The highest BCUT2D eigenvalue weighted by molar-refractivity contribution is 5.87. The number of rotatable bonds is 9. The maximum atomic E-state index is 11.8. The Kier molecular flexibility index (Phi) is 7.30. The molecule has 3 unspecified atom stereocenters. The summed E-state index contributed by atoms with van der Waals surface area (Å²) >= 11 is 0. The van der Waals surface area contributed by atoms with Crippen LogP contribution in [0, 0.1) is 17.8 Å². The number of ether oxygens (including phenoxy) is 1. The van der Waals surface area contributed by atoms with Gasteiger partial charge in [-0.1, -0.05) is 17.7 Å². The molecule has 0 spiro atoms. The van der Waals surface area contributed by atoms with Crippen molar-refractivity contribution in [2.75, 3.05) is 23.4 Å². The molecule has 4 heterocycles. The largest absolute Gasteiger partial charge is 0.439 e. The number of fused-ring (bicyclic) bond motifs is 2. The van der Waals surface area contributed by atoms with E-state index in [-0.39, 0.29) is 18.0 Å². The van der Waals surface area contributed by atoms with Crippen LogP contribution >= 0.6 is 0 Å². The number of aromatic amines is 1. The van der Waals surface area contributed by atoms with Crippen molar-refractivity contribution in [1.29, 1.82) is 0 Å². The Balaban J connectivity index is 1.31. The number of aromatic nitrogens is 6. The molecule has 11 nitrogen and oxygen atoms in total. The van der Waals surface area contributed by atoms with Crippen LogP contribution in [0.15, 0.2) is 22.0 Å². The fourth-order valence-corrected chi connectivity index (χ4v) is 7.46. The number of imidazole rings is 1. The Morgan fingerprint density at radius 1 is 1.10 bits per heavy atom. The van der Waals surface area contributed by atoms with Gasteiger partial charge in [-0.05, 0) is 88.9 Å². The molecular weight excluding hydrogens is 520 g/mol. The Labute approximate surface area is 240 Å². The van der Waals surface area contributed by atoms with Gasteiger partial charge in [-0.15, -0.1) is 6.58 Å². The van der Waals surface area contributed by atoms with E-state index in [1.807, 2.05) is 0 Å². The second kappa shape index (κ2) is 11.2. The highest BCUT2D eigenvalue weighted by Crippen LogP contribution is 2.38. The van der Waals surface area contributed by atoms with Gasteiger partial charge in [0.05, 0.1) is 18.8 Å². The summed E-state index contributed by atoms with van der Waals surface area (Å²) in [5.74, 6) is 3.56. The van der Waals surface area contributed by atoms with E-state index in [4.69, 9.17) is 24.2 Å². The van der Waals surface area contributed by atoms with Crippen molar-refractivity contribution in [1.82, 2.24) is 29.7 Å². The lowest BCUT2D eigenvalue weighted by atomic mass is 9.80. The highest BCUT2D eigenvalue weighted by Gasteiger charge is 2.39. The Bertz CT molecular complexity index is 1430. The van der Waals surface area contributed by atoms with Crippen LogP contribution in [-0.4, -0.2) is 61.0 Å². The second-order valence-corrected chi connectivity index (χ2v) is 12.6. The first-order valence-electron chi connectivity index (χ1n) is 15.7. The third kappa shape index (κ3) is 5.17. The smallest absolute Gasteiger partial charge is 0.374 e. The summed E-state index contributed by atoms with van der Waals surface area (Å²) < 4.78 is 13.3. The average molecular weight is 563 g/mol. The summed E-state index contributed by atoms with van der Waals surface area (Å²) in [6.07, 6.45) is 15.5. The lowest BCUT2D eigenvalue weighted by Gasteiger charge is -2.38. The number of anilines is 2. The summed E-state index contributed by atoms with van der Waals surface area (Å²) in [6, 6.07) is 0.585. The standard InChI is InChI=1S/C30H42N8O3/c1-3-19-10-12-20(13-11-19)14-15-38-24-25(31-18(2)21-6-4-7-21)32-27(28-35-30(39)41-36-28)33-26(24)34-29(38)37-16-17-40-23-9-5-8-22(23)37/h3,18-23H,1,4-17H2,2H3,(H,31,32,33)(H,35,36,39). The van der Waals surface area contributed by atoms with Crippen molar-refractivity contribution < 1.29 is 9.26 Å². The molecule has 4 aliphatic rings. The maximum absolute atomic E-state index is 11.8. The van der Waals surface area contributed by atoms with Gasteiger partial charge in [-0.25, -0.2) is 14.8 Å². The van der Waals surface area contributed by atoms with Crippen LogP contribution in [0.2, 0.25) is 0 Å². The molecule has 7 rings (SSSR count). The molecular formula is C30H42N8O3. The molecule has 4 fully saturated rings. The van der Waals surface area contributed by atoms with Gasteiger partial charge in [0.2, 0.25) is 17.6 Å². The topological polar surface area (TPSA) is 127 Å².